The zero-order valence-corrected chi connectivity index (χ0v) is 33.3. The number of hydrogen-bond donors (Lipinski definition) is 0. The quantitative estimate of drug-likeness (QED) is 0.169. The Labute approximate surface area is 354 Å². The van der Waals surface area contributed by atoms with Crippen molar-refractivity contribution in [1.29, 1.82) is 0 Å². The number of rotatable bonds is 5. The minimum Gasteiger partial charge on any atom is -0.309 e. The average molecular weight is 775 g/mol. The lowest BCUT2D eigenvalue weighted by Crippen LogP contribution is -2.26. The van der Waals surface area contributed by atoms with Crippen LogP contribution in [0.2, 0.25) is 0 Å². The summed E-state index contributed by atoms with van der Waals surface area (Å²) in [4.78, 5) is 2.55. The molecule has 2 aliphatic carbocycles. The first-order valence-electron chi connectivity index (χ1n) is 21.2. The fourth-order valence-electron chi connectivity index (χ4n) is 11.0. The van der Waals surface area contributed by atoms with Crippen LogP contribution in [0.25, 0.3) is 71.6 Å². The molecule has 0 radical (unpaired) electrons. The summed E-state index contributed by atoms with van der Waals surface area (Å²) in [5, 5.41) is 4.94. The predicted octanol–water partition coefficient (Wildman–Crippen LogP) is 15.4. The van der Waals surface area contributed by atoms with Gasteiger partial charge in [-0.25, -0.2) is 0 Å². The van der Waals surface area contributed by atoms with E-state index in [2.05, 4.69) is 240 Å². The lowest BCUT2D eigenvalue weighted by molar-refractivity contribution is 0.794. The number of para-hydroxylation sites is 2. The van der Waals surface area contributed by atoms with E-state index >= 15 is 0 Å². The van der Waals surface area contributed by atoms with E-state index in [0.29, 0.717) is 0 Å². The van der Waals surface area contributed by atoms with E-state index in [1.165, 1.54) is 88.2 Å². The molecular formula is C59H38N2. The molecule has 13 rings (SSSR count). The smallest absolute Gasteiger partial charge is 0.0726 e. The summed E-state index contributed by atoms with van der Waals surface area (Å²) in [5.41, 5.74) is 19.3. The highest BCUT2D eigenvalue weighted by Crippen LogP contribution is 2.65. The molecule has 1 spiro atoms. The highest BCUT2D eigenvalue weighted by atomic mass is 15.2. The molecule has 61 heavy (non-hydrogen) atoms. The van der Waals surface area contributed by atoms with Crippen molar-refractivity contribution in [2.75, 3.05) is 4.90 Å². The fraction of sp³-hybridized carbons (Fsp3) is 0.0169. The molecule has 1 heterocycles. The van der Waals surface area contributed by atoms with E-state index in [-0.39, 0.29) is 0 Å². The van der Waals surface area contributed by atoms with Gasteiger partial charge in [0.1, 0.15) is 0 Å². The third kappa shape index (κ3) is 4.67. The van der Waals surface area contributed by atoms with Crippen molar-refractivity contribution in [3.05, 3.63) is 253 Å². The van der Waals surface area contributed by atoms with Gasteiger partial charge in [-0.15, -0.1) is 0 Å². The van der Waals surface area contributed by atoms with Gasteiger partial charge in [-0.05, 0) is 97.7 Å². The van der Waals surface area contributed by atoms with Crippen LogP contribution in [-0.2, 0) is 5.41 Å². The molecule has 284 valence electrons. The summed E-state index contributed by atoms with van der Waals surface area (Å²) >= 11 is 0. The van der Waals surface area contributed by atoms with Crippen LogP contribution < -0.4 is 4.90 Å². The maximum absolute atomic E-state index is 2.55. The van der Waals surface area contributed by atoms with Gasteiger partial charge in [-0.1, -0.05) is 188 Å². The molecule has 0 unspecified atom stereocenters. The molecule has 2 heteroatoms. The van der Waals surface area contributed by atoms with Crippen LogP contribution in [0.3, 0.4) is 0 Å². The zero-order valence-electron chi connectivity index (χ0n) is 33.3. The maximum atomic E-state index is 2.55. The topological polar surface area (TPSA) is 8.17 Å². The van der Waals surface area contributed by atoms with Gasteiger partial charge in [0.2, 0.25) is 0 Å². The Morgan fingerprint density at radius 1 is 0.344 bits per heavy atom. The first kappa shape index (κ1) is 34.0. The van der Waals surface area contributed by atoms with Crippen LogP contribution in [0, 0.1) is 0 Å². The molecule has 1 aromatic heterocycles. The van der Waals surface area contributed by atoms with Gasteiger partial charge in [0, 0.05) is 33.3 Å². The molecule has 0 N–H and O–H groups in total. The predicted molar refractivity (Wildman–Crippen MR) is 255 cm³/mol. The Balaban J connectivity index is 1.15. The van der Waals surface area contributed by atoms with Crippen LogP contribution in [0.5, 0.6) is 0 Å². The van der Waals surface area contributed by atoms with Crippen LogP contribution in [0.15, 0.2) is 231 Å². The number of fused-ring (bicyclic) bond motifs is 14. The van der Waals surface area contributed by atoms with E-state index in [1.54, 1.807) is 0 Å². The van der Waals surface area contributed by atoms with Crippen LogP contribution >= 0.6 is 0 Å². The standard InChI is InChI=1S/C59H38N2/c1-2-19-40(20-3-1)57-43-23-5-4-18-39(43)36-37-56(57)61(42-22-16-21-41(38-42)60-53-33-14-9-26-46(53)47-27-10-15-34-54(47)60)55-35-17-32-52-58(55)48-28-8-13-31-51(48)59(52)49-29-11-6-24-44(49)45-25-7-12-30-50(45)59/h1-38H. The Bertz CT molecular complexity index is 3460. The molecule has 10 aromatic carbocycles. The highest BCUT2D eigenvalue weighted by Gasteiger charge is 2.52. The SMILES string of the molecule is c1ccc(-c2c(N(c3cccc(-n4c5ccccc5c5ccccc54)c3)c3cccc4c3-c3ccccc3C43c4ccccc4-c4ccccc43)ccc3ccccc23)cc1. The summed E-state index contributed by atoms with van der Waals surface area (Å²) in [5.74, 6) is 0. The Kier molecular flexibility index (Phi) is 7.26. The van der Waals surface area contributed by atoms with Crippen LogP contribution in [0.4, 0.5) is 17.1 Å². The van der Waals surface area contributed by atoms with Crippen molar-refractivity contribution in [1.82, 2.24) is 4.57 Å². The summed E-state index contributed by atoms with van der Waals surface area (Å²) in [6, 6.07) is 85.4. The normalized spacial score (nSPS) is 13.0. The summed E-state index contributed by atoms with van der Waals surface area (Å²) in [6.07, 6.45) is 0. The van der Waals surface area contributed by atoms with Gasteiger partial charge in [0.05, 0.1) is 27.8 Å². The minimum atomic E-state index is -0.461. The largest absolute Gasteiger partial charge is 0.309 e. The molecule has 2 nitrogen and oxygen atoms in total. The summed E-state index contributed by atoms with van der Waals surface area (Å²) in [7, 11) is 0. The second-order valence-electron chi connectivity index (χ2n) is 16.4. The molecule has 0 saturated heterocycles. The second-order valence-corrected chi connectivity index (χ2v) is 16.4. The molecule has 0 bridgehead atoms. The van der Waals surface area contributed by atoms with E-state index in [1.807, 2.05) is 0 Å². The number of nitrogens with zero attached hydrogens (tertiary/aromatic N) is 2. The van der Waals surface area contributed by atoms with Gasteiger partial charge in [0.15, 0.2) is 0 Å². The van der Waals surface area contributed by atoms with Gasteiger partial charge in [-0.3, -0.25) is 0 Å². The van der Waals surface area contributed by atoms with Gasteiger partial charge in [-0.2, -0.15) is 0 Å². The molecular weight excluding hydrogens is 737 g/mol. The van der Waals surface area contributed by atoms with Crippen molar-refractivity contribution in [2.45, 2.75) is 5.41 Å². The molecule has 2 aliphatic rings. The van der Waals surface area contributed by atoms with Crippen LogP contribution in [-0.4, -0.2) is 4.57 Å². The number of hydrogen-bond acceptors (Lipinski definition) is 1. The highest BCUT2D eigenvalue weighted by molar-refractivity contribution is 6.10. The van der Waals surface area contributed by atoms with E-state index in [9.17, 15) is 0 Å². The first-order valence-corrected chi connectivity index (χ1v) is 21.2. The monoisotopic (exact) mass is 774 g/mol. The number of benzene rings is 10. The molecule has 0 amide bonds. The Morgan fingerprint density at radius 3 is 1.57 bits per heavy atom. The van der Waals surface area contributed by atoms with Crippen LogP contribution in [0.1, 0.15) is 22.3 Å². The van der Waals surface area contributed by atoms with E-state index < -0.39 is 5.41 Å². The molecule has 0 atom stereocenters. The lowest BCUT2D eigenvalue weighted by Gasteiger charge is -2.33. The van der Waals surface area contributed by atoms with Crippen molar-refractivity contribution in [3.8, 4) is 39.1 Å². The van der Waals surface area contributed by atoms with E-state index in [4.69, 9.17) is 0 Å². The average Bonchev–Trinajstić information content (AvgIpc) is 3.94. The molecule has 11 aromatic rings. The molecule has 0 fully saturated rings. The lowest BCUT2D eigenvalue weighted by atomic mass is 9.70. The maximum Gasteiger partial charge on any atom is 0.0726 e. The van der Waals surface area contributed by atoms with Gasteiger partial charge >= 0.3 is 0 Å². The third-order valence-corrected chi connectivity index (χ3v) is 13.4. The number of anilines is 3. The van der Waals surface area contributed by atoms with Crippen molar-refractivity contribution in [2.24, 2.45) is 0 Å². The second kappa shape index (κ2) is 13.0. The Morgan fingerprint density at radius 2 is 0.869 bits per heavy atom. The summed E-state index contributed by atoms with van der Waals surface area (Å²) < 4.78 is 2.43. The van der Waals surface area contributed by atoms with Crippen molar-refractivity contribution < 1.29 is 0 Å². The van der Waals surface area contributed by atoms with Crippen molar-refractivity contribution >= 4 is 49.6 Å². The zero-order chi connectivity index (χ0) is 40.1. The van der Waals surface area contributed by atoms with Crippen molar-refractivity contribution in [3.63, 3.8) is 0 Å². The number of aromatic nitrogens is 1. The van der Waals surface area contributed by atoms with Gasteiger partial charge < -0.3 is 9.47 Å². The minimum absolute atomic E-state index is 0.461. The van der Waals surface area contributed by atoms with Gasteiger partial charge in [0.25, 0.3) is 0 Å². The first-order chi connectivity index (χ1) is 30.3. The summed E-state index contributed by atoms with van der Waals surface area (Å²) in [6.45, 7) is 0. The third-order valence-electron chi connectivity index (χ3n) is 13.4. The Hall–Kier alpha value is -7.94. The fourth-order valence-corrected chi connectivity index (χ4v) is 11.0. The molecule has 0 aliphatic heterocycles. The molecule has 0 saturated carbocycles. The van der Waals surface area contributed by atoms with E-state index in [0.717, 1.165) is 22.7 Å².